The molecule has 6 rings (SSSR count). The average molecular weight is 318 g/mol. The molecule has 6 aliphatic rings. The predicted octanol–water partition coefficient (Wildman–Crippen LogP) is 1.16. The molecule has 0 aromatic heterocycles. The van der Waals surface area contributed by atoms with E-state index in [0.717, 1.165) is 0 Å². The van der Waals surface area contributed by atoms with Crippen LogP contribution in [0.3, 0.4) is 0 Å². The lowest BCUT2D eigenvalue weighted by Gasteiger charge is -2.68. The van der Waals surface area contributed by atoms with E-state index >= 15 is 0 Å². The Hall–Kier alpha value is 0.300. The lowest BCUT2D eigenvalue weighted by atomic mass is 9.41. The van der Waals surface area contributed by atoms with Crippen LogP contribution < -0.4 is 0 Å². The van der Waals surface area contributed by atoms with Crippen LogP contribution in [0, 0.1) is 35.5 Å². The van der Waals surface area contributed by atoms with Gasteiger partial charge in [-0.25, -0.2) is 0 Å². The summed E-state index contributed by atoms with van der Waals surface area (Å²) in [5.74, 6) is 2.45. The second kappa shape index (κ2) is 1.53. The summed E-state index contributed by atoms with van der Waals surface area (Å²) < 4.78 is -0.526. The lowest BCUT2D eigenvalue weighted by Crippen LogP contribution is -2.74. The van der Waals surface area contributed by atoms with Gasteiger partial charge in [0.05, 0.1) is 8.65 Å². The smallest absolute Gasteiger partial charge is 0.154 e. The van der Waals surface area contributed by atoms with Crippen LogP contribution in [-0.2, 0) is 9.59 Å². The van der Waals surface area contributed by atoms with Gasteiger partial charge in [-0.1, -0.05) is 31.9 Å². The number of carbonyl (C=O) groups excluding carboxylic acids is 2. The van der Waals surface area contributed by atoms with Crippen molar-refractivity contribution in [2.45, 2.75) is 8.65 Å². The van der Waals surface area contributed by atoms with Gasteiger partial charge in [0.25, 0.3) is 0 Å². The first kappa shape index (κ1) is 7.55. The average Bonchev–Trinajstić information content (AvgIpc) is 2.54. The molecule has 4 bridgehead atoms. The minimum Gasteiger partial charge on any atom is -0.298 e. The van der Waals surface area contributed by atoms with Crippen LogP contribution in [0.2, 0.25) is 0 Å². The van der Waals surface area contributed by atoms with Crippen molar-refractivity contribution in [3.05, 3.63) is 0 Å². The van der Waals surface area contributed by atoms with Crippen LogP contribution in [0.4, 0.5) is 0 Å². The van der Waals surface area contributed by atoms with E-state index in [-0.39, 0.29) is 20.5 Å². The molecular weight excluding hydrogens is 312 g/mol. The van der Waals surface area contributed by atoms with Gasteiger partial charge >= 0.3 is 0 Å². The molecule has 4 heteroatoms. The minimum atomic E-state index is -0.263. The zero-order valence-corrected chi connectivity index (χ0v) is 10.2. The SMILES string of the molecule is O=C1C2C3C(=O)[C@@]4(Br)C2C2C4C3C12Br. The van der Waals surface area contributed by atoms with E-state index in [1.807, 2.05) is 0 Å². The Bertz CT molecular complexity index is 419. The highest BCUT2D eigenvalue weighted by molar-refractivity contribution is 9.10. The number of rotatable bonds is 0. The summed E-state index contributed by atoms with van der Waals surface area (Å²) in [5, 5.41) is 0. The third kappa shape index (κ3) is 0.337. The quantitative estimate of drug-likeness (QED) is 0.628. The van der Waals surface area contributed by atoms with Crippen molar-refractivity contribution in [1.82, 2.24) is 0 Å². The fourth-order valence-corrected chi connectivity index (χ4v) is 8.27. The summed E-state index contributed by atoms with van der Waals surface area (Å²) in [4.78, 5) is 24.1. The molecule has 0 N–H and O–H groups in total. The van der Waals surface area contributed by atoms with Crippen LogP contribution in [0.25, 0.3) is 0 Å². The van der Waals surface area contributed by atoms with Gasteiger partial charge in [0, 0.05) is 11.8 Å². The molecule has 0 spiro atoms. The van der Waals surface area contributed by atoms with E-state index in [1.54, 1.807) is 0 Å². The Morgan fingerprint density at radius 1 is 0.786 bits per heavy atom. The molecule has 0 amide bonds. The van der Waals surface area contributed by atoms with E-state index in [2.05, 4.69) is 31.9 Å². The zero-order chi connectivity index (χ0) is 9.62. The Labute approximate surface area is 97.1 Å². The maximum absolute atomic E-state index is 12.1. The topological polar surface area (TPSA) is 34.1 Å². The summed E-state index contributed by atoms with van der Waals surface area (Å²) in [5.41, 5.74) is 0. The molecule has 0 aliphatic heterocycles. The van der Waals surface area contributed by atoms with Crippen LogP contribution in [0.5, 0.6) is 0 Å². The van der Waals surface area contributed by atoms with Crippen LogP contribution >= 0.6 is 31.9 Å². The normalized spacial score (nSPS) is 79.6. The van der Waals surface area contributed by atoms with Crippen molar-refractivity contribution >= 4 is 43.4 Å². The number of ketones is 2. The lowest BCUT2D eigenvalue weighted by molar-refractivity contribution is -0.139. The third-order valence-corrected chi connectivity index (χ3v) is 8.52. The zero-order valence-electron chi connectivity index (χ0n) is 7.04. The Balaban J connectivity index is 1.93. The molecule has 0 aromatic rings. The van der Waals surface area contributed by atoms with Crippen molar-refractivity contribution in [2.24, 2.45) is 35.5 Å². The first-order chi connectivity index (χ1) is 6.55. The third-order valence-electron chi connectivity index (χ3n) is 5.62. The molecule has 0 heterocycles. The number of halogens is 2. The van der Waals surface area contributed by atoms with Gasteiger partial charge in [0.2, 0.25) is 0 Å². The molecule has 6 fully saturated rings. The van der Waals surface area contributed by atoms with Gasteiger partial charge in [-0.3, -0.25) is 9.59 Å². The van der Waals surface area contributed by atoms with E-state index < -0.39 is 0 Å². The number of carbonyl (C=O) groups is 2. The van der Waals surface area contributed by atoms with Crippen molar-refractivity contribution < 1.29 is 9.59 Å². The van der Waals surface area contributed by atoms with Gasteiger partial charge in [0.1, 0.15) is 0 Å². The number of Topliss-reactive ketones (excluding diaryl/α,β-unsaturated/α-hetero) is 2. The monoisotopic (exact) mass is 316 g/mol. The maximum atomic E-state index is 12.1. The predicted molar refractivity (Wildman–Crippen MR) is 54.3 cm³/mol. The number of alkyl halides is 2. The molecular formula is C10H6Br2O2. The van der Waals surface area contributed by atoms with E-state index in [1.165, 1.54) is 0 Å². The summed E-state index contributed by atoms with van der Waals surface area (Å²) in [6.45, 7) is 0. The van der Waals surface area contributed by atoms with Crippen LogP contribution in [-0.4, -0.2) is 20.2 Å². The van der Waals surface area contributed by atoms with E-state index in [0.29, 0.717) is 35.2 Å². The highest BCUT2D eigenvalue weighted by Gasteiger charge is 3.00. The van der Waals surface area contributed by atoms with E-state index in [9.17, 15) is 9.59 Å². The molecule has 7 unspecified atom stereocenters. The fraction of sp³-hybridized carbons (Fsp3) is 0.800. The second-order valence-corrected chi connectivity index (χ2v) is 8.04. The first-order valence-corrected chi connectivity index (χ1v) is 6.60. The van der Waals surface area contributed by atoms with Gasteiger partial charge in [-0.15, -0.1) is 0 Å². The Kier molecular flexibility index (Phi) is 0.824. The standard InChI is InChI=1S/C10H6Br2O2/c11-9-3-1-2(8(9)14)4-6(9)5(3)10(4,12)7(1)13/h1-6H/t1?,2?,3?,4?,5?,6?,9-,10?/m1/s1. The van der Waals surface area contributed by atoms with Gasteiger partial charge in [-0.2, -0.15) is 0 Å². The molecule has 6 saturated carbocycles. The molecule has 0 aromatic carbocycles. The highest BCUT2D eigenvalue weighted by atomic mass is 79.9. The van der Waals surface area contributed by atoms with Crippen molar-refractivity contribution in [2.75, 3.05) is 0 Å². The Morgan fingerprint density at radius 2 is 1.14 bits per heavy atom. The van der Waals surface area contributed by atoms with Crippen LogP contribution in [0.15, 0.2) is 0 Å². The summed E-state index contributed by atoms with van der Waals surface area (Å²) >= 11 is 7.27. The molecule has 6 aliphatic carbocycles. The van der Waals surface area contributed by atoms with Gasteiger partial charge < -0.3 is 0 Å². The van der Waals surface area contributed by atoms with Crippen LogP contribution in [0.1, 0.15) is 0 Å². The Morgan fingerprint density at radius 3 is 1.43 bits per heavy atom. The second-order valence-electron chi connectivity index (χ2n) is 5.42. The summed E-state index contributed by atoms with van der Waals surface area (Å²) in [6, 6.07) is 0. The van der Waals surface area contributed by atoms with Crippen molar-refractivity contribution in [3.8, 4) is 0 Å². The molecule has 0 radical (unpaired) electrons. The molecule has 0 saturated heterocycles. The fourth-order valence-electron chi connectivity index (χ4n) is 5.46. The molecule has 14 heavy (non-hydrogen) atoms. The number of hydrogen-bond acceptors (Lipinski definition) is 2. The minimum absolute atomic E-state index is 0.0706. The van der Waals surface area contributed by atoms with Crippen molar-refractivity contribution in [1.29, 1.82) is 0 Å². The first-order valence-electron chi connectivity index (χ1n) is 5.02. The highest BCUT2D eigenvalue weighted by Crippen LogP contribution is 2.92. The maximum Gasteiger partial charge on any atom is 0.154 e. The summed E-state index contributed by atoms with van der Waals surface area (Å²) in [7, 11) is 0. The van der Waals surface area contributed by atoms with Crippen molar-refractivity contribution in [3.63, 3.8) is 0 Å². The summed E-state index contributed by atoms with van der Waals surface area (Å²) in [6.07, 6.45) is 0. The van der Waals surface area contributed by atoms with E-state index in [4.69, 9.17) is 0 Å². The largest absolute Gasteiger partial charge is 0.298 e. The van der Waals surface area contributed by atoms with Gasteiger partial charge in [0.15, 0.2) is 11.6 Å². The molecule has 72 valence electrons. The van der Waals surface area contributed by atoms with Gasteiger partial charge in [-0.05, 0) is 23.7 Å². The molecule has 2 nitrogen and oxygen atoms in total. The molecule has 8 atom stereocenters. The number of hydrogen-bond donors (Lipinski definition) is 0.